The number of aldehydes is 1. The molecule has 0 radical (unpaired) electrons. The standard InChI is InChI=1S/C15H17N3O3/c1-9-5-6-12-11(8-9)15(21)18(10(2)17-12)13(14(16)20)4-3-7-19/h5-8,13H,3-4H2,1-2H3,(H2,16,20). The van der Waals surface area contributed by atoms with Crippen LogP contribution in [-0.4, -0.2) is 21.7 Å². The van der Waals surface area contributed by atoms with E-state index in [9.17, 15) is 14.4 Å². The molecule has 6 heteroatoms. The van der Waals surface area contributed by atoms with Gasteiger partial charge in [0.15, 0.2) is 0 Å². The second-order valence-corrected chi connectivity index (χ2v) is 5.02. The van der Waals surface area contributed by atoms with Gasteiger partial charge in [-0.2, -0.15) is 0 Å². The van der Waals surface area contributed by atoms with Crippen molar-refractivity contribution < 1.29 is 9.59 Å². The van der Waals surface area contributed by atoms with Crippen LogP contribution in [0.4, 0.5) is 0 Å². The highest BCUT2D eigenvalue weighted by atomic mass is 16.2. The summed E-state index contributed by atoms with van der Waals surface area (Å²) < 4.78 is 1.29. The number of fused-ring (bicyclic) bond motifs is 1. The second-order valence-electron chi connectivity index (χ2n) is 5.02. The minimum absolute atomic E-state index is 0.158. The highest BCUT2D eigenvalue weighted by Gasteiger charge is 2.22. The first-order chi connectivity index (χ1) is 9.95. The van der Waals surface area contributed by atoms with E-state index in [0.29, 0.717) is 23.0 Å². The van der Waals surface area contributed by atoms with Crippen LogP contribution in [0.1, 0.15) is 30.3 Å². The van der Waals surface area contributed by atoms with Gasteiger partial charge in [0.1, 0.15) is 18.2 Å². The number of primary amides is 1. The molecule has 1 atom stereocenters. The van der Waals surface area contributed by atoms with Crippen LogP contribution >= 0.6 is 0 Å². The molecule has 0 saturated carbocycles. The van der Waals surface area contributed by atoms with Gasteiger partial charge < -0.3 is 10.5 Å². The Bertz CT molecular complexity index is 765. The maximum atomic E-state index is 12.6. The molecule has 0 aliphatic heterocycles. The SMILES string of the molecule is Cc1ccc2nc(C)n(C(CCC=O)C(N)=O)c(=O)c2c1. The molecule has 1 unspecified atom stereocenters. The van der Waals surface area contributed by atoms with Gasteiger partial charge in [0, 0.05) is 6.42 Å². The van der Waals surface area contributed by atoms with Crippen molar-refractivity contribution in [3.8, 4) is 0 Å². The molecule has 0 fully saturated rings. The van der Waals surface area contributed by atoms with Crippen LogP contribution in [0.2, 0.25) is 0 Å². The largest absolute Gasteiger partial charge is 0.368 e. The first-order valence-electron chi connectivity index (χ1n) is 6.68. The quantitative estimate of drug-likeness (QED) is 0.830. The summed E-state index contributed by atoms with van der Waals surface area (Å²) >= 11 is 0. The van der Waals surface area contributed by atoms with Crippen LogP contribution in [0.5, 0.6) is 0 Å². The van der Waals surface area contributed by atoms with Crippen LogP contribution in [-0.2, 0) is 9.59 Å². The van der Waals surface area contributed by atoms with Crippen LogP contribution < -0.4 is 11.3 Å². The minimum Gasteiger partial charge on any atom is -0.368 e. The third-order valence-electron chi connectivity index (χ3n) is 3.43. The second kappa shape index (κ2) is 5.87. The van der Waals surface area contributed by atoms with Gasteiger partial charge >= 0.3 is 0 Å². The molecule has 0 aliphatic rings. The summed E-state index contributed by atoms with van der Waals surface area (Å²) in [7, 11) is 0. The number of hydrogen-bond acceptors (Lipinski definition) is 4. The zero-order valence-corrected chi connectivity index (χ0v) is 12.0. The Labute approximate surface area is 121 Å². The molecular weight excluding hydrogens is 270 g/mol. The van der Waals surface area contributed by atoms with E-state index in [1.807, 2.05) is 13.0 Å². The number of aryl methyl sites for hydroxylation is 2. The predicted molar refractivity (Wildman–Crippen MR) is 79.0 cm³/mol. The summed E-state index contributed by atoms with van der Waals surface area (Å²) in [5.74, 6) is -0.234. The van der Waals surface area contributed by atoms with E-state index >= 15 is 0 Å². The van der Waals surface area contributed by atoms with Gasteiger partial charge in [0.05, 0.1) is 10.9 Å². The lowest BCUT2D eigenvalue weighted by atomic mass is 10.1. The number of amides is 1. The molecule has 0 aliphatic carbocycles. The summed E-state index contributed by atoms with van der Waals surface area (Å²) in [5, 5.41) is 0.443. The lowest BCUT2D eigenvalue weighted by Crippen LogP contribution is -2.36. The normalized spacial score (nSPS) is 12.3. The van der Waals surface area contributed by atoms with Gasteiger partial charge in [-0.25, -0.2) is 4.98 Å². The van der Waals surface area contributed by atoms with Crippen LogP contribution in [0, 0.1) is 13.8 Å². The summed E-state index contributed by atoms with van der Waals surface area (Å²) in [6, 6.07) is 4.52. The van der Waals surface area contributed by atoms with Crippen molar-refractivity contribution in [2.75, 3.05) is 0 Å². The van der Waals surface area contributed by atoms with Crippen molar-refractivity contribution in [3.63, 3.8) is 0 Å². The van der Waals surface area contributed by atoms with Gasteiger partial charge in [-0.3, -0.25) is 14.2 Å². The van der Waals surface area contributed by atoms with E-state index < -0.39 is 11.9 Å². The predicted octanol–water partition coefficient (Wildman–Crippen LogP) is 1.02. The number of nitrogens with two attached hydrogens (primary N) is 1. The van der Waals surface area contributed by atoms with Gasteiger partial charge in [-0.15, -0.1) is 0 Å². The van der Waals surface area contributed by atoms with Gasteiger partial charge in [0.25, 0.3) is 5.56 Å². The molecule has 1 heterocycles. The minimum atomic E-state index is -0.861. The van der Waals surface area contributed by atoms with Crippen molar-refractivity contribution >= 4 is 23.1 Å². The third kappa shape index (κ3) is 2.84. The smallest absolute Gasteiger partial charge is 0.262 e. The van der Waals surface area contributed by atoms with Gasteiger partial charge in [-0.05, 0) is 32.4 Å². The number of aromatic nitrogens is 2. The molecule has 6 nitrogen and oxygen atoms in total. The van der Waals surface area contributed by atoms with Crippen molar-refractivity contribution in [1.29, 1.82) is 0 Å². The number of carbonyl (C=O) groups is 2. The van der Waals surface area contributed by atoms with Crippen molar-refractivity contribution in [2.24, 2.45) is 5.73 Å². The molecule has 110 valence electrons. The summed E-state index contributed by atoms with van der Waals surface area (Å²) in [6.45, 7) is 3.53. The molecular formula is C15H17N3O3. The maximum Gasteiger partial charge on any atom is 0.262 e. The third-order valence-corrected chi connectivity index (χ3v) is 3.43. The lowest BCUT2D eigenvalue weighted by Gasteiger charge is -2.18. The fourth-order valence-electron chi connectivity index (χ4n) is 2.42. The average molecular weight is 287 g/mol. The van der Waals surface area contributed by atoms with Gasteiger partial charge in [0.2, 0.25) is 5.91 Å². The zero-order chi connectivity index (χ0) is 15.6. The molecule has 1 amide bonds. The highest BCUT2D eigenvalue weighted by molar-refractivity contribution is 5.81. The summed E-state index contributed by atoms with van der Waals surface area (Å²) in [6.07, 6.45) is 1.05. The van der Waals surface area contributed by atoms with Crippen molar-refractivity contribution in [2.45, 2.75) is 32.7 Å². The molecule has 0 saturated heterocycles. The molecule has 21 heavy (non-hydrogen) atoms. The first-order valence-corrected chi connectivity index (χ1v) is 6.68. The topological polar surface area (TPSA) is 95.0 Å². The fourth-order valence-corrected chi connectivity index (χ4v) is 2.42. The molecule has 1 aromatic heterocycles. The van der Waals surface area contributed by atoms with Crippen molar-refractivity contribution in [1.82, 2.24) is 9.55 Å². The van der Waals surface area contributed by atoms with Crippen molar-refractivity contribution in [3.05, 3.63) is 39.9 Å². The Balaban J connectivity index is 2.69. The first kappa shape index (κ1) is 14.9. The van der Waals surface area contributed by atoms with E-state index in [4.69, 9.17) is 5.73 Å². The van der Waals surface area contributed by atoms with E-state index in [1.165, 1.54) is 4.57 Å². The number of nitrogens with zero attached hydrogens (tertiary/aromatic N) is 2. The summed E-state index contributed by atoms with van der Waals surface area (Å²) in [4.78, 5) is 39.2. The van der Waals surface area contributed by atoms with E-state index in [-0.39, 0.29) is 18.4 Å². The molecule has 2 N–H and O–H groups in total. The molecule has 2 rings (SSSR count). The Morgan fingerprint density at radius 2 is 2.14 bits per heavy atom. The fraction of sp³-hybridized carbons (Fsp3) is 0.333. The Kier molecular flexibility index (Phi) is 4.16. The number of benzene rings is 1. The zero-order valence-electron chi connectivity index (χ0n) is 12.0. The molecule has 2 aromatic rings. The van der Waals surface area contributed by atoms with Crippen LogP contribution in [0.25, 0.3) is 10.9 Å². The van der Waals surface area contributed by atoms with Crippen LogP contribution in [0.3, 0.4) is 0 Å². The van der Waals surface area contributed by atoms with Crippen LogP contribution in [0.15, 0.2) is 23.0 Å². The monoisotopic (exact) mass is 287 g/mol. The number of hydrogen-bond donors (Lipinski definition) is 1. The molecule has 0 spiro atoms. The summed E-state index contributed by atoms with van der Waals surface area (Å²) in [5.41, 5.74) is 6.58. The lowest BCUT2D eigenvalue weighted by molar-refractivity contribution is -0.121. The Morgan fingerprint density at radius 1 is 1.43 bits per heavy atom. The van der Waals surface area contributed by atoms with E-state index in [1.54, 1.807) is 19.1 Å². The number of carbonyl (C=O) groups excluding carboxylic acids is 2. The maximum absolute atomic E-state index is 12.6. The Hall–Kier alpha value is -2.50. The van der Waals surface area contributed by atoms with E-state index in [2.05, 4.69) is 4.98 Å². The Morgan fingerprint density at radius 3 is 2.76 bits per heavy atom. The molecule has 1 aromatic carbocycles. The number of rotatable bonds is 5. The van der Waals surface area contributed by atoms with E-state index in [0.717, 1.165) is 5.56 Å². The average Bonchev–Trinajstić information content (AvgIpc) is 2.43. The molecule has 0 bridgehead atoms. The highest BCUT2D eigenvalue weighted by Crippen LogP contribution is 2.16. The van der Waals surface area contributed by atoms with Gasteiger partial charge in [-0.1, -0.05) is 11.6 Å².